The summed E-state index contributed by atoms with van der Waals surface area (Å²) in [6.07, 6.45) is -0.317. The lowest BCUT2D eigenvalue weighted by Gasteiger charge is -2.19. The fourth-order valence-corrected chi connectivity index (χ4v) is 5.42. The van der Waals surface area contributed by atoms with Crippen LogP contribution in [-0.2, 0) is 12.6 Å². The number of rotatable bonds is 8. The van der Waals surface area contributed by atoms with E-state index in [1.165, 1.54) is 13.1 Å². The number of aromatic amines is 1. The van der Waals surface area contributed by atoms with Crippen LogP contribution in [0.25, 0.3) is 28.1 Å². The molecule has 6 rings (SSSR count). The molecule has 0 aliphatic carbocycles. The molecule has 0 aliphatic heterocycles. The lowest BCUT2D eigenvalue weighted by molar-refractivity contribution is -0.137. The summed E-state index contributed by atoms with van der Waals surface area (Å²) in [5.41, 5.74) is 2.83. The third-order valence-corrected chi connectivity index (χ3v) is 7.98. The molecule has 0 saturated carbocycles. The molecule has 6 aromatic rings. The largest absolute Gasteiger partial charge is 0.465 e. The summed E-state index contributed by atoms with van der Waals surface area (Å²) in [7, 11) is 1.46. The first-order valence-electron chi connectivity index (χ1n) is 14.3. The summed E-state index contributed by atoms with van der Waals surface area (Å²) in [6.45, 7) is 0. The summed E-state index contributed by atoms with van der Waals surface area (Å²) >= 11 is 6.28. The Hall–Kier alpha value is -5.62. The molecule has 1 atom stereocenters. The van der Waals surface area contributed by atoms with Crippen molar-refractivity contribution >= 4 is 23.4 Å². The summed E-state index contributed by atoms with van der Waals surface area (Å²) < 4.78 is 42.5. The van der Waals surface area contributed by atoms with Crippen molar-refractivity contribution in [2.24, 2.45) is 0 Å². The molecular formula is C34H26ClF3N6O3. The predicted molar refractivity (Wildman–Crippen MR) is 172 cm³/mol. The van der Waals surface area contributed by atoms with Crippen LogP contribution in [0.5, 0.6) is 0 Å². The lowest BCUT2D eigenvalue weighted by atomic mass is 10.0. The highest BCUT2D eigenvalue weighted by Crippen LogP contribution is 2.33. The Balaban J connectivity index is 1.37. The van der Waals surface area contributed by atoms with E-state index >= 15 is 0 Å². The highest BCUT2D eigenvalue weighted by molar-refractivity contribution is 6.31. The van der Waals surface area contributed by atoms with E-state index < -0.39 is 23.9 Å². The molecule has 0 radical (unpaired) electrons. The average Bonchev–Trinajstić information content (AvgIpc) is 3.75. The summed E-state index contributed by atoms with van der Waals surface area (Å²) in [5, 5.41) is 13.5. The number of hydrogen-bond acceptors (Lipinski definition) is 4. The topological polar surface area (TPSA) is 109 Å². The van der Waals surface area contributed by atoms with Crippen LogP contribution in [0.4, 0.5) is 23.7 Å². The third kappa shape index (κ3) is 6.68. The van der Waals surface area contributed by atoms with Crippen LogP contribution in [0.2, 0.25) is 5.02 Å². The van der Waals surface area contributed by atoms with Crippen molar-refractivity contribution in [1.82, 2.24) is 24.3 Å². The zero-order valence-electron chi connectivity index (χ0n) is 24.7. The first-order chi connectivity index (χ1) is 22.5. The van der Waals surface area contributed by atoms with Crippen LogP contribution in [0.15, 0.2) is 115 Å². The number of nitrogens with zero attached hydrogens (tertiary/aromatic N) is 5. The van der Waals surface area contributed by atoms with Gasteiger partial charge in [-0.05, 0) is 53.1 Å². The fraction of sp³-hybridized carbons (Fsp3) is 0.118. The number of nitrogens with one attached hydrogen (secondary N) is 1. The molecule has 0 saturated heterocycles. The number of imidazole rings is 1. The minimum atomic E-state index is -4.56. The molecule has 0 aliphatic rings. The molecule has 1 amide bonds. The van der Waals surface area contributed by atoms with Gasteiger partial charge in [0.1, 0.15) is 5.82 Å². The van der Waals surface area contributed by atoms with Gasteiger partial charge in [0, 0.05) is 48.2 Å². The minimum absolute atomic E-state index is 0.319. The second-order valence-corrected chi connectivity index (χ2v) is 11.2. The first kappa shape index (κ1) is 31.4. The van der Waals surface area contributed by atoms with Gasteiger partial charge in [0.2, 0.25) is 0 Å². The van der Waals surface area contributed by atoms with Crippen molar-refractivity contribution in [1.29, 1.82) is 0 Å². The van der Waals surface area contributed by atoms with Crippen molar-refractivity contribution in [3.63, 3.8) is 0 Å². The number of benzene rings is 3. The number of anilines is 1. The van der Waals surface area contributed by atoms with E-state index in [1.807, 2.05) is 30.3 Å². The molecule has 0 spiro atoms. The molecule has 238 valence electrons. The quantitative estimate of drug-likeness (QED) is 0.174. The molecule has 13 heteroatoms. The average molecular weight is 659 g/mol. The van der Waals surface area contributed by atoms with Gasteiger partial charge in [-0.15, -0.1) is 0 Å². The van der Waals surface area contributed by atoms with Gasteiger partial charge in [0.05, 0.1) is 35.4 Å². The van der Waals surface area contributed by atoms with Gasteiger partial charge in [0.15, 0.2) is 0 Å². The SMILES string of the molecule is CN(C(=O)O)c1ccc(-c2cnc([C@H](Cc3ccccc3)n3ccc(-c4cc(Cl)ccc4-n4cc(C(F)(F)F)cn4)cc3=O)[nH]2)cc1. The van der Waals surface area contributed by atoms with Crippen molar-refractivity contribution in [2.45, 2.75) is 18.6 Å². The first-order valence-corrected chi connectivity index (χ1v) is 14.7. The summed E-state index contributed by atoms with van der Waals surface area (Å²) in [6, 6.07) is 23.7. The van der Waals surface area contributed by atoms with Crippen LogP contribution in [0.3, 0.4) is 0 Å². The van der Waals surface area contributed by atoms with Gasteiger partial charge in [-0.25, -0.2) is 14.5 Å². The molecule has 3 aromatic carbocycles. The van der Waals surface area contributed by atoms with Gasteiger partial charge in [0.25, 0.3) is 5.56 Å². The summed E-state index contributed by atoms with van der Waals surface area (Å²) in [4.78, 5) is 34.1. The minimum Gasteiger partial charge on any atom is -0.465 e. The number of carboxylic acid groups (broad SMARTS) is 1. The Bertz CT molecular complexity index is 2110. The van der Waals surface area contributed by atoms with E-state index in [0.717, 1.165) is 33.1 Å². The number of amides is 1. The normalized spacial score (nSPS) is 12.2. The molecular weight excluding hydrogens is 633 g/mol. The van der Waals surface area contributed by atoms with Crippen LogP contribution >= 0.6 is 11.6 Å². The number of pyridine rings is 1. The van der Waals surface area contributed by atoms with Gasteiger partial charge < -0.3 is 14.7 Å². The molecule has 2 N–H and O–H groups in total. The zero-order chi connectivity index (χ0) is 33.3. The van der Waals surface area contributed by atoms with Crippen molar-refractivity contribution in [3.8, 4) is 28.1 Å². The standard InChI is InChI=1S/C34H26ClF3N6O3/c1-42(33(46)47)26-10-7-22(8-11-26)28-19-39-32(41-28)30(15-21-5-3-2-4-6-21)43-14-13-23(16-31(43)45)27-17-25(35)9-12-29(27)44-20-24(18-40-44)34(36,37)38/h2-14,16-20,30H,15H2,1H3,(H,39,41)(H,46,47)/t30-/m0/s1. The smallest absolute Gasteiger partial charge is 0.419 e. The third-order valence-electron chi connectivity index (χ3n) is 7.75. The fourth-order valence-electron chi connectivity index (χ4n) is 5.25. The molecule has 0 fully saturated rings. The van der Waals surface area contributed by atoms with Crippen LogP contribution in [0.1, 0.15) is 23.0 Å². The molecule has 3 heterocycles. The molecule has 0 bridgehead atoms. The van der Waals surface area contributed by atoms with Crippen LogP contribution in [-0.4, -0.2) is 42.6 Å². The van der Waals surface area contributed by atoms with Crippen molar-refractivity contribution in [2.75, 3.05) is 11.9 Å². The number of aromatic nitrogens is 5. The highest BCUT2D eigenvalue weighted by Gasteiger charge is 2.32. The van der Waals surface area contributed by atoms with Gasteiger partial charge in [-0.2, -0.15) is 18.3 Å². The van der Waals surface area contributed by atoms with E-state index in [9.17, 15) is 27.9 Å². The maximum Gasteiger partial charge on any atom is 0.419 e. The zero-order valence-corrected chi connectivity index (χ0v) is 25.4. The Morgan fingerprint density at radius 3 is 2.40 bits per heavy atom. The summed E-state index contributed by atoms with van der Waals surface area (Å²) in [5.74, 6) is 0.519. The van der Waals surface area contributed by atoms with Crippen molar-refractivity contribution in [3.05, 3.63) is 142 Å². The maximum absolute atomic E-state index is 13.8. The number of halogens is 4. The molecule has 47 heavy (non-hydrogen) atoms. The molecule has 9 nitrogen and oxygen atoms in total. The monoisotopic (exact) mass is 658 g/mol. The van der Waals surface area contributed by atoms with E-state index in [2.05, 4.69) is 15.1 Å². The second-order valence-electron chi connectivity index (χ2n) is 10.8. The van der Waals surface area contributed by atoms with Gasteiger partial charge in [-0.3, -0.25) is 9.69 Å². The highest BCUT2D eigenvalue weighted by atomic mass is 35.5. The van der Waals surface area contributed by atoms with E-state index in [0.29, 0.717) is 45.5 Å². The van der Waals surface area contributed by atoms with Crippen LogP contribution in [0, 0.1) is 0 Å². The van der Waals surface area contributed by atoms with Crippen LogP contribution < -0.4 is 10.5 Å². The molecule has 0 unspecified atom stereocenters. The second kappa shape index (κ2) is 12.6. The Labute approximate surface area is 271 Å². The maximum atomic E-state index is 13.8. The predicted octanol–water partition coefficient (Wildman–Crippen LogP) is 7.71. The van der Waals surface area contributed by atoms with Crippen molar-refractivity contribution < 1.29 is 23.1 Å². The number of H-pyrrole nitrogens is 1. The molecule has 3 aromatic heterocycles. The number of alkyl halides is 3. The van der Waals surface area contributed by atoms with E-state index in [-0.39, 0.29) is 5.56 Å². The number of hydrogen-bond donors (Lipinski definition) is 2. The van der Waals surface area contributed by atoms with Gasteiger partial charge in [-0.1, -0.05) is 54.1 Å². The number of carbonyl (C=O) groups is 1. The Morgan fingerprint density at radius 1 is 1.00 bits per heavy atom. The van der Waals surface area contributed by atoms with Gasteiger partial charge >= 0.3 is 12.3 Å². The van der Waals surface area contributed by atoms with E-state index in [4.69, 9.17) is 11.6 Å². The Kier molecular flexibility index (Phi) is 8.44. The lowest BCUT2D eigenvalue weighted by Crippen LogP contribution is -2.27. The Morgan fingerprint density at radius 2 is 1.74 bits per heavy atom. The van der Waals surface area contributed by atoms with E-state index in [1.54, 1.807) is 65.5 Å².